The molecule has 0 amide bonds. The van der Waals surface area contributed by atoms with Crippen LogP contribution in [0.3, 0.4) is 0 Å². The number of ether oxygens (including phenoxy) is 1. The van der Waals surface area contributed by atoms with Gasteiger partial charge in [0.05, 0.1) is 17.8 Å². The molecule has 2 aromatic carbocycles. The lowest BCUT2D eigenvalue weighted by Crippen LogP contribution is -2.48. The summed E-state index contributed by atoms with van der Waals surface area (Å²) in [7, 11) is 0. The second kappa shape index (κ2) is 11.5. The summed E-state index contributed by atoms with van der Waals surface area (Å²) in [5.74, 6) is 2.05. The first-order valence-electron chi connectivity index (χ1n) is 16.5. The minimum Gasteiger partial charge on any atom is -0.461 e. The fourth-order valence-electron chi connectivity index (χ4n) is 8.15. The van der Waals surface area contributed by atoms with E-state index in [4.69, 9.17) is 14.7 Å². The van der Waals surface area contributed by atoms with Crippen LogP contribution in [0.4, 0.5) is 17.3 Å². The number of benzene rings is 2. The molecule has 44 heavy (non-hydrogen) atoms. The van der Waals surface area contributed by atoms with E-state index < -0.39 is 0 Å². The topological polar surface area (TPSA) is 73.8 Å². The molecule has 0 atom stereocenters. The number of fused-ring (bicyclic) bond motifs is 3. The van der Waals surface area contributed by atoms with Crippen LogP contribution < -0.4 is 19.4 Å². The average Bonchev–Trinajstić information content (AvgIpc) is 3.67. The Morgan fingerprint density at radius 2 is 1.64 bits per heavy atom. The molecule has 228 valence electrons. The van der Waals surface area contributed by atoms with Gasteiger partial charge in [-0.15, -0.1) is 0 Å². The third-order valence-electron chi connectivity index (χ3n) is 10.5. The first kappa shape index (κ1) is 27.6. The van der Waals surface area contributed by atoms with Crippen molar-refractivity contribution >= 4 is 28.1 Å². The van der Waals surface area contributed by atoms with E-state index in [1.54, 1.807) is 6.33 Å². The average molecular weight is 591 g/mol. The van der Waals surface area contributed by atoms with Crippen LogP contribution in [0.1, 0.15) is 49.4 Å². The molecule has 0 saturated carbocycles. The van der Waals surface area contributed by atoms with E-state index >= 15 is 0 Å². The molecule has 8 rings (SSSR count). The Kier molecular flexibility index (Phi) is 7.21. The zero-order chi connectivity index (χ0) is 29.5. The number of rotatable bonds is 7. The van der Waals surface area contributed by atoms with E-state index in [-0.39, 0.29) is 5.54 Å². The summed E-state index contributed by atoms with van der Waals surface area (Å²) in [6.07, 6.45) is 10.3. The minimum atomic E-state index is 0.161. The van der Waals surface area contributed by atoms with Gasteiger partial charge in [0.15, 0.2) is 0 Å². The molecule has 0 N–H and O–H groups in total. The number of hydrogen-bond donors (Lipinski definition) is 0. The Morgan fingerprint density at radius 3 is 2.41 bits per heavy atom. The summed E-state index contributed by atoms with van der Waals surface area (Å²) >= 11 is 0. The molecule has 0 bridgehead atoms. The first-order valence-corrected chi connectivity index (χ1v) is 16.5. The molecule has 0 unspecified atom stereocenters. The van der Waals surface area contributed by atoms with E-state index in [1.807, 2.05) is 12.3 Å². The van der Waals surface area contributed by atoms with E-state index in [0.29, 0.717) is 12.6 Å². The number of hydrogen-bond acceptors (Lipinski definition) is 9. The van der Waals surface area contributed by atoms with Crippen molar-refractivity contribution < 1.29 is 4.74 Å². The molecule has 6 heterocycles. The van der Waals surface area contributed by atoms with Gasteiger partial charge in [-0.2, -0.15) is 9.97 Å². The van der Waals surface area contributed by atoms with E-state index in [9.17, 15) is 0 Å². The highest BCUT2D eigenvalue weighted by Crippen LogP contribution is 2.40. The molecule has 3 saturated heterocycles. The van der Waals surface area contributed by atoms with Gasteiger partial charge in [-0.1, -0.05) is 37.3 Å². The Hall–Kier alpha value is -3.98. The summed E-state index contributed by atoms with van der Waals surface area (Å²) in [6, 6.07) is 15.9. The van der Waals surface area contributed by atoms with Crippen molar-refractivity contribution in [1.29, 1.82) is 0 Å². The van der Waals surface area contributed by atoms with Crippen LogP contribution in [-0.2, 0) is 19.4 Å². The Morgan fingerprint density at radius 1 is 0.841 bits per heavy atom. The van der Waals surface area contributed by atoms with Crippen molar-refractivity contribution in [2.45, 2.75) is 57.5 Å². The van der Waals surface area contributed by atoms with Crippen LogP contribution >= 0.6 is 0 Å². The van der Waals surface area contributed by atoms with Gasteiger partial charge in [0.1, 0.15) is 24.6 Å². The van der Waals surface area contributed by atoms with Gasteiger partial charge >= 0.3 is 6.01 Å². The predicted molar refractivity (Wildman–Crippen MR) is 175 cm³/mol. The zero-order valence-electron chi connectivity index (χ0n) is 25.8. The first-order chi connectivity index (χ1) is 21.7. The standard InChI is InChI=1S/C35H42N8O/c1-2-26-7-3-8-27-9-4-10-30(32(26)27)42-18-12-28-29(23-42)38-34(44-24-35-13-5-16-43(35)17-6-14-35)39-33(28)41-21-19-40(20-22-41)31-11-15-36-25-37-31/h3-4,7-11,15,25H,2,5-6,12-14,16-24H2,1H3. The smallest absolute Gasteiger partial charge is 0.318 e. The van der Waals surface area contributed by atoms with Crippen molar-refractivity contribution in [2.75, 3.05) is 67.1 Å². The Labute approximate surface area is 259 Å². The van der Waals surface area contributed by atoms with Crippen LogP contribution in [0.5, 0.6) is 6.01 Å². The molecule has 3 fully saturated rings. The van der Waals surface area contributed by atoms with Gasteiger partial charge in [-0.25, -0.2) is 9.97 Å². The second-order valence-electron chi connectivity index (χ2n) is 12.8. The maximum atomic E-state index is 6.59. The van der Waals surface area contributed by atoms with Crippen molar-refractivity contribution in [1.82, 2.24) is 24.8 Å². The molecular formula is C35H42N8O. The summed E-state index contributed by atoms with van der Waals surface area (Å²) in [4.78, 5) is 28.8. The van der Waals surface area contributed by atoms with Gasteiger partial charge in [0.25, 0.3) is 0 Å². The molecule has 0 aliphatic carbocycles. The fraction of sp³-hybridized carbons (Fsp3) is 0.486. The fourth-order valence-corrected chi connectivity index (χ4v) is 8.15. The molecule has 0 radical (unpaired) electrons. The highest BCUT2D eigenvalue weighted by atomic mass is 16.5. The normalized spacial score (nSPS) is 19.8. The SMILES string of the molecule is CCc1cccc2cccc(N3CCc4c(nc(OCC56CCCN5CCC6)nc4N4CCN(c5ccncn5)CC4)C3)c12. The van der Waals surface area contributed by atoms with E-state index in [2.05, 4.69) is 72.9 Å². The van der Waals surface area contributed by atoms with Crippen LogP contribution in [0.15, 0.2) is 55.0 Å². The molecule has 4 aromatic rings. The molecule has 4 aliphatic rings. The Bertz CT molecular complexity index is 1620. The Balaban J connectivity index is 1.11. The van der Waals surface area contributed by atoms with Gasteiger partial charge in [-0.05, 0) is 74.7 Å². The summed E-state index contributed by atoms with van der Waals surface area (Å²) < 4.78 is 6.59. The van der Waals surface area contributed by atoms with Crippen molar-refractivity contribution in [3.05, 3.63) is 71.8 Å². The van der Waals surface area contributed by atoms with E-state index in [0.717, 1.165) is 69.4 Å². The van der Waals surface area contributed by atoms with Crippen LogP contribution in [0.2, 0.25) is 0 Å². The highest BCUT2D eigenvalue weighted by molar-refractivity contribution is 5.97. The van der Waals surface area contributed by atoms with Crippen LogP contribution in [0.25, 0.3) is 10.8 Å². The molecule has 4 aliphatic heterocycles. The summed E-state index contributed by atoms with van der Waals surface area (Å²) in [5, 5.41) is 2.67. The van der Waals surface area contributed by atoms with Gasteiger partial charge in [0.2, 0.25) is 0 Å². The number of aryl methyl sites for hydroxylation is 1. The van der Waals surface area contributed by atoms with Gasteiger partial charge in [-0.3, -0.25) is 4.90 Å². The summed E-state index contributed by atoms with van der Waals surface area (Å²) in [6.45, 7) is 10.6. The van der Waals surface area contributed by atoms with Crippen molar-refractivity contribution in [3.63, 3.8) is 0 Å². The molecule has 9 heteroatoms. The lowest BCUT2D eigenvalue weighted by Gasteiger charge is -2.39. The van der Waals surface area contributed by atoms with Gasteiger partial charge < -0.3 is 19.4 Å². The largest absolute Gasteiger partial charge is 0.461 e. The van der Waals surface area contributed by atoms with Crippen LogP contribution in [-0.4, -0.2) is 82.8 Å². The lowest BCUT2D eigenvalue weighted by molar-refractivity contribution is 0.107. The van der Waals surface area contributed by atoms with Crippen LogP contribution in [0, 0.1) is 0 Å². The number of piperazine rings is 1. The van der Waals surface area contributed by atoms with Gasteiger partial charge in [0, 0.05) is 55.6 Å². The molecular weight excluding hydrogens is 548 g/mol. The highest BCUT2D eigenvalue weighted by Gasteiger charge is 2.45. The van der Waals surface area contributed by atoms with Crippen molar-refractivity contribution in [3.8, 4) is 6.01 Å². The zero-order valence-corrected chi connectivity index (χ0v) is 25.8. The van der Waals surface area contributed by atoms with E-state index in [1.165, 1.54) is 66.4 Å². The summed E-state index contributed by atoms with van der Waals surface area (Å²) in [5.41, 5.74) is 5.25. The lowest BCUT2D eigenvalue weighted by atomic mass is 9.95. The quantitative estimate of drug-likeness (QED) is 0.300. The number of nitrogens with zero attached hydrogens (tertiary/aromatic N) is 8. The maximum absolute atomic E-state index is 6.59. The van der Waals surface area contributed by atoms with Crippen molar-refractivity contribution in [2.24, 2.45) is 0 Å². The minimum absolute atomic E-state index is 0.161. The number of anilines is 3. The second-order valence-corrected chi connectivity index (χ2v) is 12.8. The monoisotopic (exact) mass is 590 g/mol. The molecule has 0 spiro atoms. The maximum Gasteiger partial charge on any atom is 0.318 e. The molecule has 9 nitrogen and oxygen atoms in total. The third-order valence-corrected chi connectivity index (χ3v) is 10.5. The predicted octanol–water partition coefficient (Wildman–Crippen LogP) is 4.88. The number of aromatic nitrogens is 4. The molecule has 2 aromatic heterocycles. The third kappa shape index (κ3) is 4.91.